The second-order valence-electron chi connectivity index (χ2n) is 6.87. The van der Waals surface area contributed by atoms with Gasteiger partial charge in [-0.1, -0.05) is 26.0 Å². The number of amides is 1. The second kappa shape index (κ2) is 6.19. The average molecular weight is 304 g/mol. The fourth-order valence-corrected chi connectivity index (χ4v) is 3.93. The third-order valence-electron chi connectivity index (χ3n) is 5.04. The van der Waals surface area contributed by atoms with E-state index in [1.807, 2.05) is 14.1 Å². The van der Waals surface area contributed by atoms with Gasteiger partial charge in [-0.3, -0.25) is 4.90 Å². The summed E-state index contributed by atoms with van der Waals surface area (Å²) in [5.74, 6) is 0.244. The Bertz CT molecular complexity index is 554. The number of benzene rings is 1. The van der Waals surface area contributed by atoms with Crippen molar-refractivity contribution >= 4 is 11.8 Å². The van der Waals surface area contributed by atoms with Gasteiger partial charge in [-0.05, 0) is 49.3 Å². The lowest BCUT2D eigenvalue weighted by atomic mass is 9.72. The minimum atomic E-state index is -0.803. The highest BCUT2D eigenvalue weighted by molar-refractivity contribution is 5.67. The van der Waals surface area contributed by atoms with Crippen LogP contribution >= 0.6 is 0 Å². The normalized spacial score (nSPS) is 22.0. The van der Waals surface area contributed by atoms with Crippen LogP contribution in [0.15, 0.2) is 18.2 Å². The average Bonchev–Trinajstić information content (AvgIpc) is 2.46. The van der Waals surface area contributed by atoms with Gasteiger partial charge < -0.3 is 10.0 Å². The van der Waals surface area contributed by atoms with Gasteiger partial charge in [-0.25, -0.2) is 4.79 Å². The van der Waals surface area contributed by atoms with E-state index in [4.69, 9.17) is 0 Å². The van der Waals surface area contributed by atoms with Gasteiger partial charge >= 0.3 is 6.09 Å². The molecule has 22 heavy (non-hydrogen) atoms. The molecule has 1 heterocycles. The minimum Gasteiger partial charge on any atom is -0.465 e. The Kier molecular flexibility index (Phi) is 4.69. The van der Waals surface area contributed by atoms with Gasteiger partial charge in [-0.15, -0.1) is 0 Å². The zero-order valence-electron chi connectivity index (χ0n) is 14.4. The molecule has 0 bridgehead atoms. The van der Waals surface area contributed by atoms with Gasteiger partial charge in [0.05, 0.1) is 5.54 Å². The molecule has 1 aromatic rings. The molecule has 122 valence electrons. The van der Waals surface area contributed by atoms with E-state index in [2.05, 4.69) is 43.9 Å². The first kappa shape index (κ1) is 16.7. The van der Waals surface area contributed by atoms with E-state index in [1.165, 1.54) is 11.3 Å². The number of piperidine rings is 1. The summed E-state index contributed by atoms with van der Waals surface area (Å²) in [6.07, 6.45) is 2.13. The number of aryl methyl sites for hydroxylation is 1. The summed E-state index contributed by atoms with van der Waals surface area (Å²) >= 11 is 0. The van der Waals surface area contributed by atoms with Crippen LogP contribution < -0.4 is 4.90 Å². The Morgan fingerprint density at radius 3 is 2.50 bits per heavy atom. The van der Waals surface area contributed by atoms with Crippen molar-refractivity contribution in [2.75, 3.05) is 25.5 Å². The predicted molar refractivity (Wildman–Crippen MR) is 90.6 cm³/mol. The van der Waals surface area contributed by atoms with Gasteiger partial charge in [0.2, 0.25) is 0 Å². The van der Waals surface area contributed by atoms with E-state index in [-0.39, 0.29) is 5.92 Å². The number of carbonyl (C=O) groups is 1. The minimum absolute atomic E-state index is 0.244. The Hall–Kier alpha value is -1.71. The van der Waals surface area contributed by atoms with E-state index in [0.29, 0.717) is 6.54 Å². The molecule has 0 spiro atoms. The Morgan fingerprint density at radius 1 is 1.32 bits per heavy atom. The van der Waals surface area contributed by atoms with E-state index < -0.39 is 11.6 Å². The molecule has 1 aliphatic rings. The Labute approximate surface area is 133 Å². The summed E-state index contributed by atoms with van der Waals surface area (Å²) < 4.78 is 0. The van der Waals surface area contributed by atoms with Crippen molar-refractivity contribution in [1.29, 1.82) is 0 Å². The largest absolute Gasteiger partial charge is 0.465 e. The highest BCUT2D eigenvalue weighted by Gasteiger charge is 2.45. The summed E-state index contributed by atoms with van der Waals surface area (Å²) in [6, 6.07) is 6.41. The van der Waals surface area contributed by atoms with E-state index >= 15 is 0 Å². The van der Waals surface area contributed by atoms with Gasteiger partial charge in [-0.2, -0.15) is 0 Å². The van der Waals surface area contributed by atoms with Crippen molar-refractivity contribution in [3.63, 3.8) is 0 Å². The topological polar surface area (TPSA) is 43.8 Å². The molecule has 0 saturated carbocycles. The number of rotatable bonds is 3. The van der Waals surface area contributed by atoms with Crippen LogP contribution in [-0.4, -0.2) is 36.7 Å². The molecule has 1 unspecified atom stereocenters. The number of likely N-dealkylation sites (tertiary alicyclic amines) is 1. The smallest absolute Gasteiger partial charge is 0.408 e. The SMILES string of the molecule is Cc1cc(C2(C(C)C)CCCCN2C(=O)O)ccc1N(C)C. The number of hydrogen-bond acceptors (Lipinski definition) is 2. The molecule has 0 radical (unpaired) electrons. The standard InChI is InChI=1S/C18H28N2O2/c1-13(2)18(10-6-7-11-20(18)17(21)22)15-8-9-16(19(4)5)14(3)12-15/h8-9,12-13H,6-7,10-11H2,1-5H3,(H,21,22). The monoisotopic (exact) mass is 304 g/mol. The van der Waals surface area contributed by atoms with Gasteiger partial charge in [0.25, 0.3) is 0 Å². The predicted octanol–water partition coefficient (Wildman–Crippen LogP) is 4.08. The molecule has 0 aliphatic carbocycles. The van der Waals surface area contributed by atoms with Crippen LogP contribution in [-0.2, 0) is 5.54 Å². The summed E-state index contributed by atoms with van der Waals surface area (Å²) in [5, 5.41) is 9.71. The van der Waals surface area contributed by atoms with Gasteiger partial charge in [0.15, 0.2) is 0 Å². The Morgan fingerprint density at radius 2 is 2.00 bits per heavy atom. The summed E-state index contributed by atoms with van der Waals surface area (Å²) in [7, 11) is 4.06. The van der Waals surface area contributed by atoms with Crippen molar-refractivity contribution in [1.82, 2.24) is 4.90 Å². The fourth-order valence-electron chi connectivity index (χ4n) is 3.93. The number of hydrogen-bond donors (Lipinski definition) is 1. The lowest BCUT2D eigenvalue weighted by Crippen LogP contribution is -2.55. The van der Waals surface area contributed by atoms with Crippen LogP contribution in [0.25, 0.3) is 0 Å². The van der Waals surface area contributed by atoms with E-state index in [1.54, 1.807) is 4.90 Å². The first-order chi connectivity index (χ1) is 10.3. The van der Waals surface area contributed by atoms with Gasteiger partial charge in [0, 0.05) is 26.3 Å². The molecule has 1 saturated heterocycles. The van der Waals surface area contributed by atoms with Crippen molar-refractivity contribution in [3.05, 3.63) is 29.3 Å². The van der Waals surface area contributed by atoms with Crippen LogP contribution in [0.5, 0.6) is 0 Å². The maximum absolute atomic E-state index is 11.8. The highest BCUT2D eigenvalue weighted by atomic mass is 16.4. The van der Waals surface area contributed by atoms with Crippen LogP contribution in [0.3, 0.4) is 0 Å². The molecular formula is C18H28N2O2. The fraction of sp³-hybridized carbons (Fsp3) is 0.611. The lowest BCUT2D eigenvalue weighted by molar-refractivity contribution is 0.0134. The zero-order chi connectivity index (χ0) is 16.5. The quantitative estimate of drug-likeness (QED) is 0.915. The molecule has 2 rings (SSSR count). The summed E-state index contributed by atoms with van der Waals surface area (Å²) in [4.78, 5) is 15.6. The zero-order valence-corrected chi connectivity index (χ0v) is 14.4. The van der Waals surface area contributed by atoms with Crippen molar-refractivity contribution < 1.29 is 9.90 Å². The molecule has 1 N–H and O–H groups in total. The second-order valence-corrected chi connectivity index (χ2v) is 6.87. The first-order valence-corrected chi connectivity index (χ1v) is 8.09. The Balaban J connectivity index is 2.56. The maximum Gasteiger partial charge on any atom is 0.408 e. The molecule has 1 atom stereocenters. The first-order valence-electron chi connectivity index (χ1n) is 8.09. The van der Waals surface area contributed by atoms with Crippen LogP contribution in [0.2, 0.25) is 0 Å². The van der Waals surface area contributed by atoms with Gasteiger partial charge in [0.1, 0.15) is 0 Å². The molecule has 0 aromatic heterocycles. The molecular weight excluding hydrogens is 276 g/mol. The third-order valence-corrected chi connectivity index (χ3v) is 5.04. The molecule has 1 aliphatic heterocycles. The molecule has 1 fully saturated rings. The third kappa shape index (κ3) is 2.67. The van der Waals surface area contributed by atoms with E-state index in [0.717, 1.165) is 24.8 Å². The number of nitrogens with zero attached hydrogens (tertiary/aromatic N) is 2. The number of carboxylic acid groups (broad SMARTS) is 1. The molecule has 1 amide bonds. The maximum atomic E-state index is 11.8. The summed E-state index contributed by atoms with van der Waals surface area (Å²) in [5.41, 5.74) is 3.10. The van der Waals surface area contributed by atoms with Crippen LogP contribution in [0.4, 0.5) is 10.5 Å². The molecule has 4 heteroatoms. The van der Waals surface area contributed by atoms with Crippen molar-refractivity contribution in [2.45, 2.75) is 45.6 Å². The van der Waals surface area contributed by atoms with Crippen molar-refractivity contribution in [3.8, 4) is 0 Å². The summed E-state index contributed by atoms with van der Waals surface area (Å²) in [6.45, 7) is 7.00. The lowest BCUT2D eigenvalue weighted by Gasteiger charge is -2.49. The number of anilines is 1. The van der Waals surface area contributed by atoms with E-state index in [9.17, 15) is 9.90 Å². The van der Waals surface area contributed by atoms with Crippen molar-refractivity contribution in [2.24, 2.45) is 5.92 Å². The van der Waals surface area contributed by atoms with Crippen LogP contribution in [0, 0.1) is 12.8 Å². The highest BCUT2D eigenvalue weighted by Crippen LogP contribution is 2.44. The molecule has 4 nitrogen and oxygen atoms in total. The molecule has 1 aromatic carbocycles. The van der Waals surface area contributed by atoms with Crippen LogP contribution in [0.1, 0.15) is 44.2 Å².